The highest BCUT2D eigenvalue weighted by molar-refractivity contribution is 5.66. The molecule has 2 fully saturated rings. The van der Waals surface area contributed by atoms with Gasteiger partial charge < -0.3 is 19.7 Å². The first kappa shape index (κ1) is 25.2. The molecule has 0 aromatic carbocycles. The molecule has 174 valence electrons. The van der Waals surface area contributed by atoms with Crippen molar-refractivity contribution < 1.29 is 33.3 Å². The van der Waals surface area contributed by atoms with Crippen molar-refractivity contribution >= 4 is 5.97 Å². The molecule has 1 aliphatic carbocycles. The summed E-state index contributed by atoms with van der Waals surface area (Å²) in [6.07, 6.45) is 6.24. The van der Waals surface area contributed by atoms with Crippen LogP contribution in [0.2, 0.25) is 0 Å². The number of aliphatic hydroxyl groups excluding tert-OH is 1. The maximum atomic E-state index is 14.6. The molecule has 0 bridgehead atoms. The van der Waals surface area contributed by atoms with Crippen LogP contribution in [0.25, 0.3) is 0 Å². The van der Waals surface area contributed by atoms with Crippen LogP contribution in [0.15, 0.2) is 12.2 Å². The number of carboxylic acids is 1. The smallest absolute Gasteiger partial charge is 0.303 e. The van der Waals surface area contributed by atoms with Crippen molar-refractivity contribution in [3.05, 3.63) is 12.2 Å². The molecule has 0 aromatic heterocycles. The number of aliphatic hydroxyl groups is 1. The molecule has 7 heteroatoms. The molecule has 1 unspecified atom stereocenters. The maximum Gasteiger partial charge on any atom is 0.303 e. The number of hydrogen-bond donors (Lipinski definition) is 2. The van der Waals surface area contributed by atoms with E-state index < -0.39 is 35.9 Å². The minimum atomic E-state index is -2.58. The van der Waals surface area contributed by atoms with E-state index in [1.165, 1.54) is 0 Å². The third-order valence-corrected chi connectivity index (χ3v) is 6.72. The molecule has 1 saturated heterocycles. The van der Waals surface area contributed by atoms with Crippen LogP contribution in [0.3, 0.4) is 0 Å². The van der Waals surface area contributed by atoms with E-state index in [0.717, 1.165) is 25.7 Å². The lowest BCUT2D eigenvalue weighted by Gasteiger charge is -2.39. The van der Waals surface area contributed by atoms with Gasteiger partial charge in [0.25, 0.3) is 0 Å². The summed E-state index contributed by atoms with van der Waals surface area (Å²) in [6, 6.07) is 0. The van der Waals surface area contributed by atoms with E-state index in [1.807, 2.05) is 12.2 Å². The third kappa shape index (κ3) is 6.72. The minimum Gasteiger partial charge on any atom is -0.481 e. The largest absolute Gasteiger partial charge is 0.481 e. The zero-order valence-corrected chi connectivity index (χ0v) is 18.1. The molecule has 0 radical (unpaired) electrons. The van der Waals surface area contributed by atoms with Crippen molar-refractivity contribution in [2.24, 2.45) is 11.3 Å². The van der Waals surface area contributed by atoms with Gasteiger partial charge in [0.05, 0.1) is 36.9 Å². The number of hydrogen-bond acceptors (Lipinski definition) is 4. The third-order valence-electron chi connectivity index (χ3n) is 6.72. The fourth-order valence-corrected chi connectivity index (χ4v) is 5.04. The summed E-state index contributed by atoms with van der Waals surface area (Å²) in [6.45, 7) is 2.80. The lowest BCUT2D eigenvalue weighted by atomic mass is 9.70. The van der Waals surface area contributed by atoms with Gasteiger partial charge in [-0.25, -0.2) is 8.78 Å². The fourth-order valence-electron chi connectivity index (χ4n) is 5.04. The maximum absolute atomic E-state index is 14.6. The number of halogens is 2. The van der Waals surface area contributed by atoms with Crippen LogP contribution >= 0.6 is 0 Å². The first-order chi connectivity index (χ1) is 14.4. The number of carboxylic acid groups (broad SMARTS) is 1. The van der Waals surface area contributed by atoms with Crippen LogP contribution < -0.4 is 0 Å². The molecule has 1 aliphatic heterocycles. The Morgan fingerprint density at radius 2 is 1.97 bits per heavy atom. The highest BCUT2D eigenvalue weighted by atomic mass is 19.3. The summed E-state index contributed by atoms with van der Waals surface area (Å²) in [5, 5.41) is 19.3. The van der Waals surface area contributed by atoms with Crippen LogP contribution in [-0.4, -0.2) is 54.1 Å². The number of carbonyl (C=O) groups is 1. The van der Waals surface area contributed by atoms with E-state index in [9.17, 15) is 18.7 Å². The van der Waals surface area contributed by atoms with Gasteiger partial charge in [-0.2, -0.15) is 0 Å². The van der Waals surface area contributed by atoms with Crippen molar-refractivity contribution in [3.63, 3.8) is 0 Å². The molecule has 2 aliphatic rings. The molecule has 2 rings (SSSR count). The standard InChI is InChI=1S/C23H38F2O5/c1-2-3-6-9-17-12-13-23(22(24)25)18(10-7-4-5-8-11-21(27)28)19(26)16-20(23)30-15-14-29-17/h4,7,17-20,22,26H,2-3,5-6,8-16H2,1H3,(H,27,28)/t17?,18-,19+,20-,23+/m1/s1. The second-order valence-corrected chi connectivity index (χ2v) is 8.70. The van der Waals surface area contributed by atoms with Gasteiger partial charge in [0.15, 0.2) is 0 Å². The second-order valence-electron chi connectivity index (χ2n) is 8.70. The Hall–Kier alpha value is -1.05. The highest BCUT2D eigenvalue weighted by Gasteiger charge is 2.60. The average molecular weight is 433 g/mol. The van der Waals surface area contributed by atoms with Gasteiger partial charge in [-0.3, -0.25) is 4.79 Å². The lowest BCUT2D eigenvalue weighted by Crippen LogP contribution is -2.45. The molecule has 1 saturated carbocycles. The Labute approximate surface area is 178 Å². The van der Waals surface area contributed by atoms with Gasteiger partial charge in [-0.1, -0.05) is 38.3 Å². The van der Waals surface area contributed by atoms with Gasteiger partial charge in [-0.15, -0.1) is 0 Å². The number of ether oxygens (including phenoxy) is 2. The van der Waals surface area contributed by atoms with Gasteiger partial charge in [0.2, 0.25) is 6.43 Å². The number of allylic oxidation sites excluding steroid dienone is 2. The summed E-state index contributed by atoms with van der Waals surface area (Å²) in [7, 11) is 0. The summed E-state index contributed by atoms with van der Waals surface area (Å²) in [5.74, 6) is -1.42. The van der Waals surface area contributed by atoms with Crippen molar-refractivity contribution in [2.45, 2.75) is 102 Å². The Bertz CT molecular complexity index is 540. The molecule has 5 atom stereocenters. The Morgan fingerprint density at radius 3 is 2.67 bits per heavy atom. The van der Waals surface area contributed by atoms with Crippen molar-refractivity contribution in [1.82, 2.24) is 0 Å². The molecule has 30 heavy (non-hydrogen) atoms. The molecular formula is C23H38F2O5. The van der Waals surface area contributed by atoms with Crippen molar-refractivity contribution in [2.75, 3.05) is 13.2 Å². The molecule has 2 N–H and O–H groups in total. The number of unbranched alkanes of at least 4 members (excludes halogenated alkanes) is 3. The first-order valence-electron chi connectivity index (χ1n) is 11.5. The molecule has 0 spiro atoms. The van der Waals surface area contributed by atoms with Crippen molar-refractivity contribution in [3.8, 4) is 0 Å². The van der Waals surface area contributed by atoms with Crippen LogP contribution in [0.1, 0.15) is 77.6 Å². The highest BCUT2D eigenvalue weighted by Crippen LogP contribution is 2.54. The Balaban J connectivity index is 2.08. The van der Waals surface area contributed by atoms with Gasteiger partial charge >= 0.3 is 5.97 Å². The predicted octanol–water partition coefficient (Wildman–Crippen LogP) is 4.96. The molecule has 5 nitrogen and oxygen atoms in total. The van der Waals surface area contributed by atoms with Crippen LogP contribution in [0.5, 0.6) is 0 Å². The summed E-state index contributed by atoms with van der Waals surface area (Å²) in [5.41, 5.74) is -1.37. The molecule has 0 amide bonds. The number of alkyl halides is 2. The van der Waals surface area contributed by atoms with Crippen LogP contribution in [0.4, 0.5) is 8.78 Å². The van der Waals surface area contributed by atoms with E-state index in [1.54, 1.807) is 0 Å². The van der Waals surface area contributed by atoms with E-state index in [2.05, 4.69) is 6.92 Å². The number of rotatable bonds is 11. The molecular weight excluding hydrogens is 394 g/mol. The minimum absolute atomic E-state index is 0.0421. The SMILES string of the molecule is CCCCCC1CC[C@]2(C(F)F)[C@H](CC=CCCCC(=O)O)[C@@H](O)C[C@H]2OCCO1. The first-order valence-corrected chi connectivity index (χ1v) is 11.5. The van der Waals surface area contributed by atoms with Gasteiger partial charge in [0.1, 0.15) is 0 Å². The molecule has 0 aromatic rings. The second kappa shape index (κ2) is 12.7. The topological polar surface area (TPSA) is 76.0 Å². The van der Waals surface area contributed by atoms with Crippen LogP contribution in [0, 0.1) is 11.3 Å². The summed E-state index contributed by atoms with van der Waals surface area (Å²) < 4.78 is 40.9. The van der Waals surface area contributed by atoms with E-state index in [0.29, 0.717) is 32.3 Å². The van der Waals surface area contributed by atoms with E-state index in [-0.39, 0.29) is 32.0 Å². The zero-order valence-electron chi connectivity index (χ0n) is 18.1. The zero-order chi connectivity index (χ0) is 22.0. The normalized spacial score (nSPS) is 32.7. The summed E-state index contributed by atoms with van der Waals surface area (Å²) in [4.78, 5) is 10.6. The lowest BCUT2D eigenvalue weighted by molar-refractivity contribution is -0.137. The predicted molar refractivity (Wildman–Crippen MR) is 111 cm³/mol. The number of fused-ring (bicyclic) bond motifs is 1. The Morgan fingerprint density at radius 1 is 1.20 bits per heavy atom. The fraction of sp³-hybridized carbons (Fsp3) is 0.870. The molecule has 1 heterocycles. The Kier molecular flexibility index (Phi) is 10.7. The van der Waals surface area contributed by atoms with E-state index in [4.69, 9.17) is 14.6 Å². The van der Waals surface area contributed by atoms with Crippen molar-refractivity contribution in [1.29, 1.82) is 0 Å². The van der Waals surface area contributed by atoms with Crippen LogP contribution in [-0.2, 0) is 14.3 Å². The summed E-state index contributed by atoms with van der Waals surface area (Å²) >= 11 is 0. The van der Waals surface area contributed by atoms with E-state index >= 15 is 0 Å². The number of aliphatic carboxylic acids is 1. The monoisotopic (exact) mass is 432 g/mol. The average Bonchev–Trinajstić information content (AvgIpc) is 3.00. The van der Waals surface area contributed by atoms with Gasteiger partial charge in [-0.05, 0) is 38.5 Å². The quantitative estimate of drug-likeness (QED) is 0.356. The van der Waals surface area contributed by atoms with Gasteiger partial charge in [0, 0.05) is 18.8 Å².